The number of hydrogen-bond donors (Lipinski definition) is 1. The molecule has 5 nitrogen and oxygen atoms in total. The van der Waals surface area contributed by atoms with Gasteiger partial charge < -0.3 is 5.32 Å². The molecule has 23 heavy (non-hydrogen) atoms. The summed E-state index contributed by atoms with van der Waals surface area (Å²) in [7, 11) is -3.78. The molecule has 126 valence electrons. The van der Waals surface area contributed by atoms with Crippen LogP contribution >= 0.6 is 0 Å². The molecule has 1 amide bonds. The fraction of sp³-hybridized carbons (Fsp3) is 0.562. The quantitative estimate of drug-likeness (QED) is 0.909. The van der Waals surface area contributed by atoms with Crippen molar-refractivity contribution in [2.45, 2.75) is 43.5 Å². The van der Waals surface area contributed by atoms with E-state index in [0.29, 0.717) is 24.9 Å². The maximum Gasteiger partial charge on any atom is 0.243 e. The normalized spacial score (nSPS) is 22.8. The Kier molecular flexibility index (Phi) is 4.42. The molecule has 0 bridgehead atoms. The molecular formula is C16H21FN2O3S. The van der Waals surface area contributed by atoms with Crippen molar-refractivity contribution in [2.75, 3.05) is 13.1 Å². The van der Waals surface area contributed by atoms with Gasteiger partial charge in [0.25, 0.3) is 0 Å². The highest BCUT2D eigenvalue weighted by atomic mass is 32.2. The molecular weight excluding hydrogens is 319 g/mol. The standard InChI is InChI=1S/C16H21FN2O3S/c1-11-4-5-13(17)9-15(11)23(21,22)19-8-2-3-12(10-19)16(20)18-14-6-7-14/h4-5,9,12,14H,2-3,6-8,10H2,1H3,(H,18,20)/t12-/m0/s1. The fourth-order valence-electron chi connectivity index (χ4n) is 2.91. The van der Waals surface area contributed by atoms with Gasteiger partial charge in [-0.2, -0.15) is 4.31 Å². The van der Waals surface area contributed by atoms with Gasteiger partial charge in [-0.25, -0.2) is 12.8 Å². The second-order valence-electron chi connectivity index (χ2n) is 6.39. The van der Waals surface area contributed by atoms with Gasteiger partial charge in [0.2, 0.25) is 15.9 Å². The average molecular weight is 340 g/mol. The minimum Gasteiger partial charge on any atom is -0.353 e. The average Bonchev–Trinajstić information content (AvgIpc) is 3.33. The third-order valence-electron chi connectivity index (χ3n) is 4.45. The zero-order valence-electron chi connectivity index (χ0n) is 13.1. The van der Waals surface area contributed by atoms with Crippen molar-refractivity contribution in [1.82, 2.24) is 9.62 Å². The third-order valence-corrected chi connectivity index (χ3v) is 6.45. The lowest BCUT2D eigenvalue weighted by atomic mass is 9.99. The number of rotatable bonds is 4. The van der Waals surface area contributed by atoms with E-state index in [9.17, 15) is 17.6 Å². The number of carbonyl (C=O) groups excluding carboxylic acids is 1. The second-order valence-corrected chi connectivity index (χ2v) is 8.30. The van der Waals surface area contributed by atoms with E-state index in [1.54, 1.807) is 6.92 Å². The Labute approximate surface area is 135 Å². The van der Waals surface area contributed by atoms with Crippen molar-refractivity contribution < 1.29 is 17.6 Å². The molecule has 1 aliphatic heterocycles. The zero-order valence-corrected chi connectivity index (χ0v) is 13.9. The fourth-order valence-corrected chi connectivity index (χ4v) is 4.67. The van der Waals surface area contributed by atoms with Gasteiger partial charge in [-0.3, -0.25) is 4.79 Å². The van der Waals surface area contributed by atoms with Crippen LogP contribution in [0.2, 0.25) is 0 Å². The molecule has 0 radical (unpaired) electrons. The number of aryl methyl sites for hydroxylation is 1. The first-order chi connectivity index (χ1) is 10.9. The predicted molar refractivity (Wildman–Crippen MR) is 83.8 cm³/mol. The van der Waals surface area contributed by atoms with Crippen LogP contribution in [0.25, 0.3) is 0 Å². The molecule has 1 saturated heterocycles. The summed E-state index contributed by atoms with van der Waals surface area (Å²) in [5.41, 5.74) is 0.510. The number of piperidine rings is 1. The van der Waals surface area contributed by atoms with E-state index in [0.717, 1.165) is 18.9 Å². The van der Waals surface area contributed by atoms with Gasteiger partial charge in [-0.15, -0.1) is 0 Å². The van der Waals surface area contributed by atoms with E-state index in [1.165, 1.54) is 16.4 Å². The van der Waals surface area contributed by atoms with E-state index >= 15 is 0 Å². The Balaban J connectivity index is 1.79. The van der Waals surface area contributed by atoms with Crippen LogP contribution in [0.5, 0.6) is 0 Å². The van der Waals surface area contributed by atoms with Gasteiger partial charge in [0.15, 0.2) is 0 Å². The highest BCUT2D eigenvalue weighted by molar-refractivity contribution is 7.89. The predicted octanol–water partition coefficient (Wildman–Crippen LogP) is 1.81. The van der Waals surface area contributed by atoms with E-state index in [4.69, 9.17) is 0 Å². The number of amides is 1. The first kappa shape index (κ1) is 16.4. The van der Waals surface area contributed by atoms with Gasteiger partial charge >= 0.3 is 0 Å². The summed E-state index contributed by atoms with van der Waals surface area (Å²) in [6.07, 6.45) is 3.33. The second kappa shape index (κ2) is 6.20. The number of nitrogens with one attached hydrogen (secondary N) is 1. The lowest BCUT2D eigenvalue weighted by Gasteiger charge is -2.31. The molecule has 1 atom stereocenters. The third kappa shape index (κ3) is 3.55. The topological polar surface area (TPSA) is 66.5 Å². The molecule has 0 aromatic heterocycles. The van der Waals surface area contributed by atoms with Crippen LogP contribution < -0.4 is 5.32 Å². The van der Waals surface area contributed by atoms with Crippen LogP contribution in [-0.2, 0) is 14.8 Å². The van der Waals surface area contributed by atoms with Crippen molar-refractivity contribution in [1.29, 1.82) is 0 Å². The van der Waals surface area contributed by atoms with Crippen molar-refractivity contribution in [3.8, 4) is 0 Å². The number of halogens is 1. The lowest BCUT2D eigenvalue weighted by Crippen LogP contribution is -2.45. The number of hydrogen-bond acceptors (Lipinski definition) is 3. The summed E-state index contributed by atoms with van der Waals surface area (Å²) in [6, 6.07) is 4.03. The molecule has 2 aliphatic rings. The molecule has 3 rings (SSSR count). The summed E-state index contributed by atoms with van der Waals surface area (Å²) in [6.45, 7) is 2.18. The first-order valence-corrected chi connectivity index (χ1v) is 9.38. The van der Waals surface area contributed by atoms with Crippen molar-refractivity contribution in [2.24, 2.45) is 5.92 Å². The van der Waals surface area contributed by atoms with Gasteiger partial charge in [-0.1, -0.05) is 6.07 Å². The van der Waals surface area contributed by atoms with Crippen molar-refractivity contribution in [3.63, 3.8) is 0 Å². The van der Waals surface area contributed by atoms with Gasteiger partial charge in [0, 0.05) is 19.1 Å². The SMILES string of the molecule is Cc1ccc(F)cc1S(=O)(=O)N1CCC[C@H](C(=O)NC2CC2)C1. The largest absolute Gasteiger partial charge is 0.353 e. The molecule has 1 aromatic carbocycles. The maximum absolute atomic E-state index is 13.5. The Morgan fingerprint density at radius 2 is 2.04 bits per heavy atom. The van der Waals surface area contributed by atoms with Gasteiger partial charge in [0.05, 0.1) is 10.8 Å². The van der Waals surface area contributed by atoms with E-state index in [1.807, 2.05) is 0 Å². The molecule has 1 saturated carbocycles. The number of benzene rings is 1. The molecule has 1 heterocycles. The summed E-state index contributed by atoms with van der Waals surface area (Å²) >= 11 is 0. The Morgan fingerprint density at radius 3 is 2.74 bits per heavy atom. The van der Waals surface area contributed by atoms with Crippen LogP contribution in [0.3, 0.4) is 0 Å². The van der Waals surface area contributed by atoms with Crippen LogP contribution in [0, 0.1) is 18.7 Å². The molecule has 7 heteroatoms. The molecule has 1 aliphatic carbocycles. The van der Waals surface area contributed by atoms with Crippen LogP contribution in [0.15, 0.2) is 23.1 Å². The van der Waals surface area contributed by atoms with E-state index < -0.39 is 15.8 Å². The highest BCUT2D eigenvalue weighted by Gasteiger charge is 2.35. The van der Waals surface area contributed by atoms with Crippen molar-refractivity contribution in [3.05, 3.63) is 29.6 Å². The van der Waals surface area contributed by atoms with Crippen LogP contribution in [-0.4, -0.2) is 37.8 Å². The summed E-state index contributed by atoms with van der Waals surface area (Å²) < 4.78 is 40.3. The molecule has 1 aromatic rings. The van der Waals surface area contributed by atoms with Crippen LogP contribution in [0.4, 0.5) is 4.39 Å². The molecule has 1 N–H and O–H groups in total. The van der Waals surface area contributed by atoms with Crippen LogP contribution in [0.1, 0.15) is 31.2 Å². The Hall–Kier alpha value is -1.47. The maximum atomic E-state index is 13.5. The van der Waals surface area contributed by atoms with Gasteiger partial charge in [-0.05, 0) is 50.3 Å². The minimum absolute atomic E-state index is 0.0132. The number of sulfonamides is 1. The lowest BCUT2D eigenvalue weighted by molar-refractivity contribution is -0.126. The highest BCUT2D eigenvalue weighted by Crippen LogP contribution is 2.27. The smallest absolute Gasteiger partial charge is 0.243 e. The van der Waals surface area contributed by atoms with Gasteiger partial charge in [0.1, 0.15) is 5.82 Å². The van der Waals surface area contributed by atoms with Crippen molar-refractivity contribution >= 4 is 15.9 Å². The zero-order chi connectivity index (χ0) is 16.6. The number of nitrogens with zero attached hydrogens (tertiary/aromatic N) is 1. The molecule has 0 unspecified atom stereocenters. The van der Waals surface area contributed by atoms with E-state index in [-0.39, 0.29) is 29.3 Å². The summed E-state index contributed by atoms with van der Waals surface area (Å²) in [5.74, 6) is -0.967. The van der Waals surface area contributed by atoms with E-state index in [2.05, 4.69) is 5.32 Å². The summed E-state index contributed by atoms with van der Waals surface area (Å²) in [5, 5.41) is 2.94. The molecule has 2 fully saturated rings. The number of carbonyl (C=O) groups is 1. The first-order valence-electron chi connectivity index (χ1n) is 7.94. The monoisotopic (exact) mass is 340 g/mol. The molecule has 0 spiro atoms. The minimum atomic E-state index is -3.78. The summed E-state index contributed by atoms with van der Waals surface area (Å²) in [4.78, 5) is 12.2. The Morgan fingerprint density at radius 1 is 1.30 bits per heavy atom. The Bertz CT molecular complexity index is 716.